The highest BCUT2D eigenvalue weighted by Crippen LogP contribution is 2.37. The Morgan fingerprint density at radius 1 is 0.656 bits per heavy atom. The van der Waals surface area contributed by atoms with Crippen LogP contribution in [0.4, 0.5) is 0 Å². The zero-order valence-electron chi connectivity index (χ0n) is 17.0. The molecule has 0 unspecified atom stereocenters. The molecule has 5 nitrogen and oxygen atoms in total. The van der Waals surface area contributed by atoms with Gasteiger partial charge in [0.05, 0.1) is 11.1 Å². The number of carbonyl (C=O) groups is 2. The van der Waals surface area contributed by atoms with Crippen molar-refractivity contribution in [2.45, 2.75) is 6.54 Å². The molecule has 5 heteroatoms. The van der Waals surface area contributed by atoms with Gasteiger partial charge in [-0.3, -0.25) is 9.59 Å². The number of fused-ring (bicyclic) bond motifs is 1. The quantitative estimate of drug-likeness (QED) is 0.451. The van der Waals surface area contributed by atoms with Crippen LogP contribution < -0.4 is 0 Å². The highest BCUT2D eigenvalue weighted by atomic mass is 16.3. The number of ketones is 2. The van der Waals surface area contributed by atoms with Crippen LogP contribution in [0.15, 0.2) is 103 Å². The molecule has 1 aliphatic rings. The van der Waals surface area contributed by atoms with E-state index < -0.39 is 23.1 Å². The van der Waals surface area contributed by atoms with Gasteiger partial charge >= 0.3 is 0 Å². The van der Waals surface area contributed by atoms with E-state index in [0.29, 0.717) is 23.1 Å². The number of nitrogens with zero attached hydrogens (tertiary/aromatic N) is 1. The first-order chi connectivity index (χ1) is 15.6. The molecule has 5 rings (SSSR count). The first kappa shape index (κ1) is 19.6. The number of rotatable bonds is 4. The molecular formula is C27H19NO4. The standard InChI is InChI=1S/C27H19NO4/c29-24-22(18-11-5-2-6-12-18)25(30)27(32)23(26(24)31)20-16-28(15-17-9-3-1-4-10-17)21-14-8-7-13-19(20)21/h1-14,16,29,32H,15H2. The molecule has 0 saturated heterocycles. The van der Waals surface area contributed by atoms with Crippen molar-refractivity contribution in [3.05, 3.63) is 119 Å². The fourth-order valence-corrected chi connectivity index (χ4v) is 4.16. The summed E-state index contributed by atoms with van der Waals surface area (Å²) in [6.45, 7) is 0.550. The van der Waals surface area contributed by atoms with Gasteiger partial charge in [-0.15, -0.1) is 0 Å². The van der Waals surface area contributed by atoms with E-state index in [-0.39, 0.29) is 11.1 Å². The first-order valence-corrected chi connectivity index (χ1v) is 10.2. The van der Waals surface area contributed by atoms with Gasteiger partial charge in [0.1, 0.15) is 0 Å². The Morgan fingerprint density at radius 2 is 1.22 bits per heavy atom. The van der Waals surface area contributed by atoms with Gasteiger partial charge in [-0.1, -0.05) is 78.9 Å². The van der Waals surface area contributed by atoms with Crippen molar-refractivity contribution >= 4 is 33.6 Å². The molecule has 0 amide bonds. The fourth-order valence-electron chi connectivity index (χ4n) is 4.16. The molecular weight excluding hydrogens is 402 g/mol. The number of carbonyl (C=O) groups excluding carboxylic acids is 2. The summed E-state index contributed by atoms with van der Waals surface area (Å²) in [5, 5.41) is 22.2. The van der Waals surface area contributed by atoms with Gasteiger partial charge in [-0.05, 0) is 17.2 Å². The number of aliphatic hydroxyl groups is 2. The second-order valence-corrected chi connectivity index (χ2v) is 7.64. The van der Waals surface area contributed by atoms with Crippen molar-refractivity contribution in [1.82, 2.24) is 4.57 Å². The molecule has 0 spiro atoms. The van der Waals surface area contributed by atoms with Gasteiger partial charge in [0, 0.05) is 29.2 Å². The van der Waals surface area contributed by atoms with Gasteiger partial charge in [-0.25, -0.2) is 0 Å². The predicted molar refractivity (Wildman–Crippen MR) is 123 cm³/mol. The van der Waals surface area contributed by atoms with Crippen LogP contribution in [0, 0.1) is 0 Å². The van der Waals surface area contributed by atoms with E-state index in [4.69, 9.17) is 0 Å². The van der Waals surface area contributed by atoms with Crippen molar-refractivity contribution < 1.29 is 19.8 Å². The molecule has 0 bridgehead atoms. The number of hydrogen-bond donors (Lipinski definition) is 2. The summed E-state index contributed by atoms with van der Waals surface area (Å²) in [6.07, 6.45) is 1.75. The Hall–Kier alpha value is -4.38. The molecule has 1 heterocycles. The summed E-state index contributed by atoms with van der Waals surface area (Å²) >= 11 is 0. The zero-order chi connectivity index (χ0) is 22.2. The lowest BCUT2D eigenvalue weighted by molar-refractivity contribution is -0.116. The minimum atomic E-state index is -0.775. The lowest BCUT2D eigenvalue weighted by atomic mass is 9.86. The summed E-state index contributed by atoms with van der Waals surface area (Å²) in [4.78, 5) is 26.2. The number of benzene rings is 3. The molecule has 2 N–H and O–H groups in total. The smallest absolute Gasteiger partial charge is 0.232 e. The van der Waals surface area contributed by atoms with Crippen molar-refractivity contribution in [3.63, 3.8) is 0 Å². The minimum Gasteiger partial charge on any atom is -0.504 e. The van der Waals surface area contributed by atoms with E-state index in [1.807, 2.05) is 59.2 Å². The van der Waals surface area contributed by atoms with Crippen LogP contribution in [0.1, 0.15) is 16.7 Å². The second kappa shape index (κ2) is 7.71. The lowest BCUT2D eigenvalue weighted by Gasteiger charge is -2.18. The summed E-state index contributed by atoms with van der Waals surface area (Å²) in [6, 6.07) is 25.7. The first-order valence-electron chi connectivity index (χ1n) is 10.2. The molecule has 4 aromatic rings. The van der Waals surface area contributed by atoms with Gasteiger partial charge in [0.2, 0.25) is 11.6 Å². The predicted octanol–water partition coefficient (Wildman–Crippen LogP) is 5.08. The van der Waals surface area contributed by atoms with Crippen molar-refractivity contribution in [2.24, 2.45) is 0 Å². The van der Waals surface area contributed by atoms with E-state index in [2.05, 4.69) is 0 Å². The second-order valence-electron chi connectivity index (χ2n) is 7.64. The van der Waals surface area contributed by atoms with E-state index in [1.54, 1.807) is 36.5 Å². The van der Waals surface area contributed by atoms with Crippen LogP contribution in [0.3, 0.4) is 0 Å². The average Bonchev–Trinajstić information content (AvgIpc) is 3.18. The third-order valence-electron chi connectivity index (χ3n) is 5.67. The zero-order valence-corrected chi connectivity index (χ0v) is 17.0. The number of para-hydroxylation sites is 1. The Balaban J connectivity index is 1.66. The van der Waals surface area contributed by atoms with Gasteiger partial charge < -0.3 is 14.8 Å². The number of aliphatic hydroxyl groups excluding tert-OH is 2. The Kier molecular flexibility index (Phi) is 4.71. The number of hydrogen-bond acceptors (Lipinski definition) is 4. The molecule has 32 heavy (non-hydrogen) atoms. The number of aromatic nitrogens is 1. The Bertz CT molecular complexity index is 1430. The fraction of sp³-hybridized carbons (Fsp3) is 0.0370. The summed E-state index contributed by atoms with van der Waals surface area (Å²) in [5.74, 6) is -2.87. The molecule has 3 aromatic carbocycles. The summed E-state index contributed by atoms with van der Waals surface area (Å²) < 4.78 is 1.96. The molecule has 156 valence electrons. The van der Waals surface area contributed by atoms with Crippen LogP contribution in [0.5, 0.6) is 0 Å². The molecule has 0 aliphatic heterocycles. The number of Topliss-reactive ketones (excluding diaryl/α,β-unsaturated/α-hetero) is 2. The maximum Gasteiger partial charge on any atom is 0.232 e. The van der Waals surface area contributed by atoms with E-state index in [9.17, 15) is 19.8 Å². The van der Waals surface area contributed by atoms with Crippen LogP contribution in [-0.2, 0) is 16.1 Å². The van der Waals surface area contributed by atoms with E-state index >= 15 is 0 Å². The van der Waals surface area contributed by atoms with Crippen molar-refractivity contribution in [3.8, 4) is 0 Å². The Morgan fingerprint density at radius 3 is 1.94 bits per heavy atom. The van der Waals surface area contributed by atoms with Crippen molar-refractivity contribution in [2.75, 3.05) is 0 Å². The minimum absolute atomic E-state index is 0.185. The maximum absolute atomic E-state index is 13.2. The highest BCUT2D eigenvalue weighted by Gasteiger charge is 2.37. The van der Waals surface area contributed by atoms with Gasteiger partial charge in [-0.2, -0.15) is 0 Å². The van der Waals surface area contributed by atoms with Gasteiger partial charge in [0.15, 0.2) is 11.5 Å². The molecule has 0 saturated carbocycles. The van der Waals surface area contributed by atoms with Crippen LogP contribution in [-0.4, -0.2) is 26.3 Å². The largest absolute Gasteiger partial charge is 0.504 e. The molecule has 0 atom stereocenters. The SMILES string of the molecule is O=C1C(O)=C(c2cn(Cc3ccccc3)c3ccccc23)C(=O)C(O)=C1c1ccccc1. The third kappa shape index (κ3) is 3.11. The van der Waals surface area contributed by atoms with Crippen molar-refractivity contribution in [1.29, 1.82) is 0 Å². The molecule has 0 fully saturated rings. The van der Waals surface area contributed by atoms with E-state index in [1.165, 1.54) is 0 Å². The lowest BCUT2D eigenvalue weighted by Crippen LogP contribution is -2.22. The number of allylic oxidation sites excluding steroid dienone is 2. The monoisotopic (exact) mass is 421 g/mol. The van der Waals surface area contributed by atoms with Gasteiger partial charge in [0.25, 0.3) is 0 Å². The normalized spacial score (nSPS) is 14.5. The maximum atomic E-state index is 13.2. The van der Waals surface area contributed by atoms with Crippen LogP contribution in [0.2, 0.25) is 0 Å². The molecule has 1 aliphatic carbocycles. The van der Waals surface area contributed by atoms with E-state index in [0.717, 1.165) is 11.1 Å². The van der Waals surface area contributed by atoms with Crippen LogP contribution in [0.25, 0.3) is 22.0 Å². The topological polar surface area (TPSA) is 79.5 Å². The summed E-state index contributed by atoms with van der Waals surface area (Å²) in [5.41, 5.74) is 2.33. The molecule has 0 radical (unpaired) electrons. The summed E-state index contributed by atoms with van der Waals surface area (Å²) in [7, 11) is 0. The highest BCUT2D eigenvalue weighted by molar-refractivity contribution is 6.47. The van der Waals surface area contributed by atoms with Crippen LogP contribution >= 0.6 is 0 Å². The Labute approximate surface area is 184 Å². The third-order valence-corrected chi connectivity index (χ3v) is 5.67. The average molecular weight is 421 g/mol. The molecule has 1 aromatic heterocycles.